The van der Waals surface area contributed by atoms with Crippen LogP contribution >= 0.6 is 0 Å². The number of alkyl halides is 1. The van der Waals surface area contributed by atoms with Crippen molar-refractivity contribution in [2.24, 2.45) is 0 Å². The third kappa shape index (κ3) is 5.97. The van der Waals surface area contributed by atoms with Crippen LogP contribution in [-0.2, 0) is 14.3 Å². The van der Waals surface area contributed by atoms with Crippen molar-refractivity contribution in [2.75, 3.05) is 6.26 Å². The fourth-order valence-electron chi connectivity index (χ4n) is 0.465. The predicted molar refractivity (Wildman–Crippen MR) is 35.7 cm³/mol. The summed E-state index contributed by atoms with van der Waals surface area (Å²) < 4.78 is 36.8. The van der Waals surface area contributed by atoms with E-state index in [0.29, 0.717) is 6.42 Å². The molecule has 0 amide bonds. The van der Waals surface area contributed by atoms with Crippen LogP contribution in [0.2, 0.25) is 0 Å². The molecule has 0 rings (SSSR count). The third-order valence-corrected chi connectivity index (χ3v) is 1.35. The monoisotopic (exact) mass is 170 g/mol. The molecule has 10 heavy (non-hydrogen) atoms. The van der Waals surface area contributed by atoms with Gasteiger partial charge in [-0.2, -0.15) is 8.42 Å². The van der Waals surface area contributed by atoms with Gasteiger partial charge in [0.1, 0.15) is 0 Å². The van der Waals surface area contributed by atoms with E-state index in [1.165, 1.54) is 0 Å². The molecule has 0 spiro atoms. The highest BCUT2D eigenvalue weighted by molar-refractivity contribution is 7.86. The summed E-state index contributed by atoms with van der Waals surface area (Å²) >= 11 is 0. The van der Waals surface area contributed by atoms with Gasteiger partial charge >= 0.3 is 0 Å². The number of hydrogen-bond donors (Lipinski definition) is 0. The van der Waals surface area contributed by atoms with Gasteiger partial charge in [0.05, 0.1) is 6.26 Å². The summed E-state index contributed by atoms with van der Waals surface area (Å²) in [6.45, 7) is 1.75. The molecule has 0 radical (unpaired) electrons. The van der Waals surface area contributed by atoms with Crippen LogP contribution in [0.3, 0.4) is 0 Å². The Hall–Kier alpha value is -0.160. The summed E-state index contributed by atoms with van der Waals surface area (Å²) in [6, 6.07) is 0. The smallest absolute Gasteiger partial charge is 0.233 e. The van der Waals surface area contributed by atoms with Gasteiger partial charge in [-0.3, -0.25) is 0 Å². The molecule has 0 aliphatic carbocycles. The van der Waals surface area contributed by atoms with Gasteiger partial charge in [0.25, 0.3) is 10.1 Å². The van der Waals surface area contributed by atoms with Crippen molar-refractivity contribution in [1.29, 1.82) is 0 Å². The van der Waals surface area contributed by atoms with E-state index in [9.17, 15) is 12.8 Å². The summed E-state index contributed by atoms with van der Waals surface area (Å²) in [5.74, 6) is 0. The molecule has 0 aliphatic rings. The van der Waals surface area contributed by atoms with Crippen LogP contribution in [0.15, 0.2) is 0 Å². The second kappa shape index (κ2) is 3.88. The van der Waals surface area contributed by atoms with E-state index in [1.807, 2.05) is 0 Å². The normalized spacial score (nSPS) is 15.1. The molecule has 0 saturated heterocycles. The molecule has 3 nitrogen and oxygen atoms in total. The second-order valence-corrected chi connectivity index (χ2v) is 3.60. The number of rotatable bonds is 4. The first kappa shape index (κ1) is 9.84. The molecule has 5 heteroatoms. The van der Waals surface area contributed by atoms with Crippen molar-refractivity contribution in [3.8, 4) is 0 Å². The lowest BCUT2D eigenvalue weighted by atomic mass is 10.3. The highest BCUT2D eigenvalue weighted by Crippen LogP contribution is 2.05. The van der Waals surface area contributed by atoms with Gasteiger partial charge in [-0.25, -0.2) is 8.57 Å². The fraction of sp³-hybridized carbons (Fsp3) is 1.00. The Balaban J connectivity index is 3.69. The molecule has 0 N–H and O–H groups in total. The molecule has 0 saturated carbocycles. The van der Waals surface area contributed by atoms with E-state index in [-0.39, 0.29) is 6.42 Å². The first-order valence-electron chi connectivity index (χ1n) is 2.98. The van der Waals surface area contributed by atoms with Crippen LogP contribution < -0.4 is 0 Å². The Labute approximate surface area is 60.3 Å². The first-order chi connectivity index (χ1) is 4.45. The maximum Gasteiger partial charge on any atom is 0.267 e. The van der Waals surface area contributed by atoms with E-state index in [0.717, 1.165) is 6.26 Å². The Morgan fingerprint density at radius 2 is 2.10 bits per heavy atom. The van der Waals surface area contributed by atoms with Gasteiger partial charge in [0.15, 0.2) is 0 Å². The highest BCUT2D eigenvalue weighted by Gasteiger charge is 2.11. The zero-order valence-electron chi connectivity index (χ0n) is 6.00. The molecule has 0 bridgehead atoms. The zero-order valence-corrected chi connectivity index (χ0v) is 6.82. The van der Waals surface area contributed by atoms with Gasteiger partial charge in [-0.1, -0.05) is 13.3 Å². The van der Waals surface area contributed by atoms with Crippen LogP contribution in [0.1, 0.15) is 19.8 Å². The fourth-order valence-corrected chi connectivity index (χ4v) is 0.940. The van der Waals surface area contributed by atoms with Gasteiger partial charge in [-0.15, -0.1) is 0 Å². The Morgan fingerprint density at radius 1 is 1.60 bits per heavy atom. The number of hydrogen-bond acceptors (Lipinski definition) is 3. The predicted octanol–water partition coefficient (Wildman–Crippen LogP) is 1.06. The minimum atomic E-state index is -3.62. The Kier molecular flexibility index (Phi) is 3.81. The van der Waals surface area contributed by atoms with Gasteiger partial charge in [0.2, 0.25) is 6.36 Å². The molecule has 0 aliphatic heterocycles. The lowest BCUT2D eigenvalue weighted by Gasteiger charge is -2.04. The average Bonchev–Trinajstić information content (AvgIpc) is 1.59. The summed E-state index contributed by atoms with van der Waals surface area (Å²) in [5.41, 5.74) is 0. The van der Waals surface area contributed by atoms with Crippen molar-refractivity contribution >= 4 is 10.1 Å². The standard InChI is InChI=1S/C5H11FO3S/c1-3-4-5(6)9-10(2,7)8/h5H,3-4H2,1-2H3. The van der Waals surface area contributed by atoms with Crippen LogP contribution in [-0.4, -0.2) is 21.0 Å². The number of halogens is 1. The van der Waals surface area contributed by atoms with Gasteiger partial charge < -0.3 is 0 Å². The zero-order chi connectivity index (χ0) is 8.20. The lowest BCUT2D eigenvalue weighted by molar-refractivity contribution is 0.0668. The van der Waals surface area contributed by atoms with E-state index in [2.05, 4.69) is 4.18 Å². The van der Waals surface area contributed by atoms with Crippen molar-refractivity contribution in [1.82, 2.24) is 0 Å². The first-order valence-corrected chi connectivity index (χ1v) is 4.79. The third-order valence-electron chi connectivity index (χ3n) is 0.795. The van der Waals surface area contributed by atoms with Crippen LogP contribution in [0.25, 0.3) is 0 Å². The molecule has 0 heterocycles. The van der Waals surface area contributed by atoms with Gasteiger partial charge in [0, 0.05) is 6.42 Å². The van der Waals surface area contributed by atoms with Crippen molar-refractivity contribution < 1.29 is 17.0 Å². The van der Waals surface area contributed by atoms with E-state index in [1.54, 1.807) is 6.92 Å². The molecule has 1 atom stereocenters. The molecular formula is C5H11FO3S. The molecule has 0 aromatic heterocycles. The summed E-state index contributed by atoms with van der Waals surface area (Å²) in [4.78, 5) is 0. The molecule has 0 fully saturated rings. The lowest BCUT2D eigenvalue weighted by Crippen LogP contribution is -2.11. The van der Waals surface area contributed by atoms with Crippen molar-refractivity contribution in [3.05, 3.63) is 0 Å². The SMILES string of the molecule is CCCC(F)OS(C)(=O)=O. The summed E-state index contributed by atoms with van der Waals surface area (Å²) in [6.07, 6.45) is -0.168. The molecule has 0 aromatic carbocycles. The topological polar surface area (TPSA) is 43.4 Å². The maximum absolute atomic E-state index is 12.3. The Bertz CT molecular complexity index is 175. The van der Waals surface area contributed by atoms with Gasteiger partial charge in [-0.05, 0) is 0 Å². The van der Waals surface area contributed by atoms with E-state index >= 15 is 0 Å². The highest BCUT2D eigenvalue weighted by atomic mass is 32.2. The molecule has 1 unspecified atom stereocenters. The summed E-state index contributed by atoms with van der Waals surface area (Å²) in [7, 11) is -3.62. The van der Waals surface area contributed by atoms with Crippen LogP contribution in [0, 0.1) is 0 Å². The maximum atomic E-state index is 12.3. The summed E-state index contributed by atoms with van der Waals surface area (Å²) in [5, 5.41) is 0. The van der Waals surface area contributed by atoms with Crippen molar-refractivity contribution in [3.63, 3.8) is 0 Å². The van der Waals surface area contributed by atoms with Crippen LogP contribution in [0.5, 0.6) is 0 Å². The second-order valence-electron chi connectivity index (χ2n) is 2.00. The molecule has 0 aromatic rings. The molecule has 62 valence electrons. The van der Waals surface area contributed by atoms with Crippen LogP contribution in [0.4, 0.5) is 4.39 Å². The minimum absolute atomic E-state index is 0.118. The molecular weight excluding hydrogens is 159 g/mol. The Morgan fingerprint density at radius 3 is 2.40 bits per heavy atom. The van der Waals surface area contributed by atoms with E-state index < -0.39 is 16.5 Å². The van der Waals surface area contributed by atoms with Crippen molar-refractivity contribution in [2.45, 2.75) is 26.1 Å². The minimum Gasteiger partial charge on any atom is -0.233 e. The van der Waals surface area contributed by atoms with E-state index in [4.69, 9.17) is 0 Å². The quantitative estimate of drug-likeness (QED) is 0.592. The average molecular weight is 170 g/mol. The largest absolute Gasteiger partial charge is 0.267 e.